The van der Waals surface area contributed by atoms with Gasteiger partial charge in [0.1, 0.15) is 11.6 Å². The summed E-state index contributed by atoms with van der Waals surface area (Å²) in [5.41, 5.74) is 1.50. The van der Waals surface area contributed by atoms with Crippen LogP contribution in [0.25, 0.3) is 0 Å². The van der Waals surface area contributed by atoms with Crippen LogP contribution >= 0.6 is 0 Å². The number of alkyl carbamates (subject to hydrolysis) is 1. The lowest BCUT2D eigenvalue weighted by atomic mass is 9.93. The van der Waals surface area contributed by atoms with Crippen molar-refractivity contribution in [3.8, 4) is 0 Å². The number of aryl methyl sites for hydroxylation is 1. The van der Waals surface area contributed by atoms with Crippen LogP contribution in [0, 0.1) is 0 Å². The molecule has 1 aromatic carbocycles. The third-order valence-electron chi connectivity index (χ3n) is 3.52. The third-order valence-corrected chi connectivity index (χ3v) is 3.52. The van der Waals surface area contributed by atoms with E-state index in [9.17, 15) is 14.7 Å². The number of carboxylic acids is 1. The second kappa shape index (κ2) is 5.76. The summed E-state index contributed by atoms with van der Waals surface area (Å²) >= 11 is 0. The summed E-state index contributed by atoms with van der Waals surface area (Å²) < 4.78 is 5.15. The SMILES string of the molecule is CC(C)(C)OC(=O)N[C@H](C(=O)O)[C@@H]1CCc2ccccc21. The zero-order chi connectivity index (χ0) is 15.6. The number of hydrogen-bond acceptors (Lipinski definition) is 3. The molecule has 114 valence electrons. The van der Waals surface area contributed by atoms with Gasteiger partial charge in [-0.1, -0.05) is 24.3 Å². The Bertz CT molecular complexity index is 547. The number of hydrogen-bond donors (Lipinski definition) is 2. The van der Waals surface area contributed by atoms with E-state index in [0.717, 1.165) is 17.5 Å². The Kier molecular flexibility index (Phi) is 4.21. The molecule has 0 fully saturated rings. The highest BCUT2D eigenvalue weighted by Crippen LogP contribution is 2.35. The molecule has 2 rings (SSSR count). The Labute approximate surface area is 124 Å². The molecular weight excluding hydrogens is 270 g/mol. The molecule has 1 amide bonds. The van der Waals surface area contributed by atoms with E-state index in [1.165, 1.54) is 0 Å². The van der Waals surface area contributed by atoms with Crippen LogP contribution in [0.1, 0.15) is 44.2 Å². The van der Waals surface area contributed by atoms with Crippen molar-refractivity contribution in [2.45, 2.75) is 51.2 Å². The molecular formula is C16H21NO4. The first-order valence-electron chi connectivity index (χ1n) is 7.08. The normalized spacial score (nSPS) is 18.7. The third kappa shape index (κ3) is 3.74. The van der Waals surface area contributed by atoms with Crippen LogP contribution in [0.15, 0.2) is 24.3 Å². The fourth-order valence-electron chi connectivity index (χ4n) is 2.71. The number of fused-ring (bicyclic) bond motifs is 1. The summed E-state index contributed by atoms with van der Waals surface area (Å²) in [4.78, 5) is 23.4. The number of aliphatic carboxylic acids is 1. The van der Waals surface area contributed by atoms with Gasteiger partial charge in [-0.25, -0.2) is 9.59 Å². The average molecular weight is 291 g/mol. The van der Waals surface area contributed by atoms with Crippen LogP contribution < -0.4 is 5.32 Å². The largest absolute Gasteiger partial charge is 0.480 e. The molecule has 0 heterocycles. The number of nitrogens with one attached hydrogen (secondary N) is 1. The van der Waals surface area contributed by atoms with E-state index < -0.39 is 23.7 Å². The van der Waals surface area contributed by atoms with Gasteiger partial charge in [-0.05, 0) is 44.7 Å². The molecule has 2 N–H and O–H groups in total. The van der Waals surface area contributed by atoms with E-state index in [-0.39, 0.29) is 5.92 Å². The molecule has 1 aromatic rings. The summed E-state index contributed by atoms with van der Waals surface area (Å²) in [5.74, 6) is -1.26. The van der Waals surface area contributed by atoms with Gasteiger partial charge in [-0.3, -0.25) is 0 Å². The molecule has 2 atom stereocenters. The summed E-state index contributed by atoms with van der Waals surface area (Å²) in [6, 6.07) is 6.80. The number of benzene rings is 1. The fraction of sp³-hybridized carbons (Fsp3) is 0.500. The van der Waals surface area contributed by atoms with E-state index >= 15 is 0 Å². The maximum absolute atomic E-state index is 11.8. The molecule has 0 bridgehead atoms. The number of ether oxygens (including phenoxy) is 1. The smallest absolute Gasteiger partial charge is 0.408 e. The molecule has 5 nitrogen and oxygen atoms in total. The fourth-order valence-corrected chi connectivity index (χ4v) is 2.71. The molecule has 0 saturated heterocycles. The van der Waals surface area contributed by atoms with Gasteiger partial charge in [0.15, 0.2) is 0 Å². The van der Waals surface area contributed by atoms with Gasteiger partial charge in [-0.15, -0.1) is 0 Å². The van der Waals surface area contributed by atoms with Crippen molar-refractivity contribution in [3.05, 3.63) is 35.4 Å². The predicted molar refractivity (Wildman–Crippen MR) is 78.3 cm³/mol. The monoisotopic (exact) mass is 291 g/mol. The summed E-state index contributed by atoms with van der Waals surface area (Å²) in [5, 5.41) is 11.9. The maximum Gasteiger partial charge on any atom is 0.408 e. The minimum Gasteiger partial charge on any atom is -0.480 e. The van der Waals surface area contributed by atoms with Crippen LogP contribution in [0.3, 0.4) is 0 Å². The highest BCUT2D eigenvalue weighted by atomic mass is 16.6. The van der Waals surface area contributed by atoms with Gasteiger partial charge in [0.05, 0.1) is 0 Å². The Morgan fingerprint density at radius 2 is 2.00 bits per heavy atom. The zero-order valence-electron chi connectivity index (χ0n) is 12.6. The van der Waals surface area contributed by atoms with E-state index in [0.29, 0.717) is 6.42 Å². The van der Waals surface area contributed by atoms with Crippen molar-refractivity contribution in [1.29, 1.82) is 0 Å². The molecule has 0 saturated carbocycles. The number of rotatable bonds is 3. The van der Waals surface area contributed by atoms with Crippen molar-refractivity contribution in [2.24, 2.45) is 0 Å². The van der Waals surface area contributed by atoms with Crippen LogP contribution in [-0.2, 0) is 16.0 Å². The van der Waals surface area contributed by atoms with Crippen LogP contribution in [0.4, 0.5) is 4.79 Å². The van der Waals surface area contributed by atoms with E-state index in [4.69, 9.17) is 4.74 Å². The summed E-state index contributed by atoms with van der Waals surface area (Å²) in [6.45, 7) is 5.23. The molecule has 21 heavy (non-hydrogen) atoms. The van der Waals surface area contributed by atoms with Gasteiger partial charge in [-0.2, -0.15) is 0 Å². The molecule has 0 spiro atoms. The summed E-state index contributed by atoms with van der Waals surface area (Å²) in [7, 11) is 0. The van der Waals surface area contributed by atoms with Crippen molar-refractivity contribution in [3.63, 3.8) is 0 Å². The van der Waals surface area contributed by atoms with Gasteiger partial charge >= 0.3 is 12.1 Å². The van der Waals surface area contributed by atoms with Gasteiger partial charge < -0.3 is 15.2 Å². The maximum atomic E-state index is 11.8. The Morgan fingerprint density at radius 3 is 2.62 bits per heavy atom. The van der Waals surface area contributed by atoms with Crippen LogP contribution in [0.2, 0.25) is 0 Å². The highest BCUT2D eigenvalue weighted by molar-refractivity contribution is 5.81. The number of amides is 1. The lowest BCUT2D eigenvalue weighted by molar-refractivity contribution is -0.140. The standard InChI is InChI=1S/C16H21NO4/c1-16(2,3)21-15(20)17-13(14(18)19)12-9-8-10-6-4-5-7-11(10)12/h4-7,12-13H,8-9H2,1-3H3,(H,17,20)(H,18,19)/t12-,13+/m1/s1. The van der Waals surface area contributed by atoms with E-state index in [2.05, 4.69) is 5.32 Å². The zero-order valence-corrected chi connectivity index (χ0v) is 12.6. The predicted octanol–water partition coefficient (Wildman–Crippen LogP) is 2.69. The van der Waals surface area contributed by atoms with Gasteiger partial charge in [0.25, 0.3) is 0 Å². The lowest BCUT2D eigenvalue weighted by Crippen LogP contribution is -2.46. The first-order valence-corrected chi connectivity index (χ1v) is 7.08. The van der Waals surface area contributed by atoms with E-state index in [1.807, 2.05) is 24.3 Å². The molecule has 0 aliphatic heterocycles. The molecule has 1 aliphatic carbocycles. The van der Waals surface area contributed by atoms with Gasteiger partial charge in [0, 0.05) is 5.92 Å². The second-order valence-corrected chi connectivity index (χ2v) is 6.31. The van der Waals surface area contributed by atoms with Crippen LogP contribution in [-0.4, -0.2) is 28.8 Å². The molecule has 0 radical (unpaired) electrons. The number of carboxylic acid groups (broad SMARTS) is 1. The molecule has 5 heteroatoms. The Balaban J connectivity index is 2.14. The number of carbonyl (C=O) groups is 2. The first-order chi connectivity index (χ1) is 9.78. The van der Waals surface area contributed by atoms with Crippen molar-refractivity contribution in [1.82, 2.24) is 5.32 Å². The van der Waals surface area contributed by atoms with E-state index in [1.54, 1.807) is 20.8 Å². The molecule has 0 aromatic heterocycles. The minimum absolute atomic E-state index is 0.216. The molecule has 1 aliphatic rings. The van der Waals surface area contributed by atoms with Crippen molar-refractivity contribution in [2.75, 3.05) is 0 Å². The first kappa shape index (κ1) is 15.4. The van der Waals surface area contributed by atoms with Crippen LogP contribution in [0.5, 0.6) is 0 Å². The number of carbonyl (C=O) groups excluding carboxylic acids is 1. The summed E-state index contributed by atoms with van der Waals surface area (Å²) in [6.07, 6.45) is 0.853. The molecule has 0 unspecified atom stereocenters. The topological polar surface area (TPSA) is 75.6 Å². The van der Waals surface area contributed by atoms with Crippen molar-refractivity contribution >= 4 is 12.1 Å². The van der Waals surface area contributed by atoms with Gasteiger partial charge in [0.2, 0.25) is 0 Å². The Hall–Kier alpha value is -2.04. The minimum atomic E-state index is -1.04. The highest BCUT2D eigenvalue weighted by Gasteiger charge is 2.36. The quantitative estimate of drug-likeness (QED) is 0.897. The van der Waals surface area contributed by atoms with Crippen molar-refractivity contribution < 1.29 is 19.4 Å². The second-order valence-electron chi connectivity index (χ2n) is 6.31. The Morgan fingerprint density at radius 1 is 1.33 bits per heavy atom. The lowest BCUT2D eigenvalue weighted by Gasteiger charge is -2.25. The average Bonchev–Trinajstić information content (AvgIpc) is 2.77.